The predicted octanol–water partition coefficient (Wildman–Crippen LogP) is 3.77. The molecule has 1 aromatic heterocycles. The summed E-state index contributed by atoms with van der Waals surface area (Å²) in [6, 6.07) is 5.96. The Bertz CT molecular complexity index is 1530. The van der Waals surface area contributed by atoms with E-state index in [9.17, 15) is 18.4 Å². The Morgan fingerprint density at radius 1 is 1.10 bits per heavy atom. The molecule has 3 fully saturated rings. The number of benzene rings is 2. The lowest BCUT2D eigenvalue weighted by Gasteiger charge is -2.52. The van der Waals surface area contributed by atoms with Gasteiger partial charge in [-0.3, -0.25) is 9.59 Å². The number of fused-ring (bicyclic) bond motifs is 4. The number of carbonyl (C=O) groups is 2. The van der Waals surface area contributed by atoms with E-state index in [0.29, 0.717) is 48.8 Å². The van der Waals surface area contributed by atoms with Crippen LogP contribution in [-0.4, -0.2) is 74.8 Å². The molecule has 3 saturated heterocycles. The molecule has 2 amide bonds. The van der Waals surface area contributed by atoms with Crippen LogP contribution in [0.1, 0.15) is 40.0 Å². The average molecular weight is 589 g/mol. The monoisotopic (exact) mass is 588 g/mol. The van der Waals surface area contributed by atoms with E-state index >= 15 is 0 Å². The number of morpholine rings is 1. The summed E-state index contributed by atoms with van der Waals surface area (Å²) < 4.78 is 54.1. The second-order valence-corrected chi connectivity index (χ2v) is 11.3. The molecule has 2 unspecified atom stereocenters. The van der Waals surface area contributed by atoms with Crippen LogP contribution in [-0.2, 0) is 9.47 Å². The number of carbonyl (C=O) groups excluding carboxylic acids is 2. The first-order valence-electron chi connectivity index (χ1n) is 13.3. The van der Waals surface area contributed by atoms with Crippen LogP contribution in [0.3, 0.4) is 0 Å². The average Bonchev–Trinajstić information content (AvgIpc) is 3.50. The van der Waals surface area contributed by atoms with Crippen LogP contribution in [0.4, 0.5) is 19.6 Å². The number of halogens is 2. The van der Waals surface area contributed by atoms with Crippen molar-refractivity contribution in [3.8, 4) is 17.2 Å². The molecule has 14 heteroatoms. The van der Waals surface area contributed by atoms with Crippen LogP contribution in [0.5, 0.6) is 17.2 Å². The normalized spacial score (nSPS) is 24.1. The van der Waals surface area contributed by atoms with Gasteiger partial charge < -0.3 is 39.2 Å². The van der Waals surface area contributed by atoms with Crippen LogP contribution >= 0.6 is 11.3 Å². The fourth-order valence-electron chi connectivity index (χ4n) is 5.70. The zero-order valence-electron chi connectivity index (χ0n) is 21.9. The Labute approximate surface area is 236 Å². The molecule has 7 rings (SSSR count). The van der Waals surface area contributed by atoms with E-state index in [1.165, 1.54) is 18.4 Å². The number of ether oxygens (including phenoxy) is 5. The molecule has 5 heterocycles. The summed E-state index contributed by atoms with van der Waals surface area (Å²) in [7, 11) is 1.45. The molecule has 0 spiro atoms. The summed E-state index contributed by atoms with van der Waals surface area (Å²) in [4.78, 5) is 34.1. The minimum atomic E-state index is -3.90. The summed E-state index contributed by atoms with van der Waals surface area (Å²) in [5.41, 5.74) is 0.740. The van der Waals surface area contributed by atoms with Crippen molar-refractivity contribution < 1.29 is 42.1 Å². The van der Waals surface area contributed by atoms with E-state index in [1.54, 1.807) is 12.1 Å². The summed E-state index contributed by atoms with van der Waals surface area (Å²) in [5, 5.41) is 6.37. The van der Waals surface area contributed by atoms with Crippen molar-refractivity contribution in [2.75, 3.05) is 43.8 Å². The molecule has 216 valence electrons. The maximum absolute atomic E-state index is 13.9. The fraction of sp³-hybridized carbons (Fsp3) is 0.444. The van der Waals surface area contributed by atoms with Gasteiger partial charge >= 0.3 is 6.29 Å². The van der Waals surface area contributed by atoms with E-state index in [2.05, 4.69) is 25.0 Å². The number of methoxy groups -OCH3 is 1. The molecule has 11 nitrogen and oxygen atoms in total. The summed E-state index contributed by atoms with van der Waals surface area (Å²) in [5.74, 6) is -1.49. The van der Waals surface area contributed by atoms with Gasteiger partial charge in [0.05, 0.1) is 66.5 Å². The van der Waals surface area contributed by atoms with Crippen molar-refractivity contribution >= 4 is 44.2 Å². The van der Waals surface area contributed by atoms with E-state index in [-0.39, 0.29) is 46.4 Å². The zero-order valence-corrected chi connectivity index (χ0v) is 22.7. The van der Waals surface area contributed by atoms with Crippen LogP contribution in [0, 0.1) is 0 Å². The van der Waals surface area contributed by atoms with Gasteiger partial charge in [0.15, 0.2) is 16.6 Å². The van der Waals surface area contributed by atoms with Gasteiger partial charge in [-0.05, 0) is 37.5 Å². The fourth-order valence-corrected chi connectivity index (χ4v) is 6.94. The molecule has 4 aliphatic rings. The maximum atomic E-state index is 13.9. The first-order chi connectivity index (χ1) is 19.8. The number of nitrogens with one attached hydrogen (secondary N) is 2. The molecule has 0 saturated carbocycles. The Hall–Kier alpha value is -3.75. The minimum absolute atomic E-state index is 0.0255. The number of aromatic nitrogens is 1. The number of amides is 2. The molecule has 3 atom stereocenters. The number of alkyl halides is 2. The summed E-state index contributed by atoms with van der Waals surface area (Å²) in [6.07, 6.45) is -1.39. The molecule has 2 bridgehead atoms. The first kappa shape index (κ1) is 26.2. The smallest absolute Gasteiger partial charge is 0.496 e. The molecule has 4 aliphatic heterocycles. The van der Waals surface area contributed by atoms with Gasteiger partial charge in [-0.2, -0.15) is 0 Å². The second kappa shape index (κ2) is 9.96. The molecule has 2 aromatic carbocycles. The lowest BCUT2D eigenvalue weighted by molar-refractivity contribution is -0.286. The van der Waals surface area contributed by atoms with Crippen molar-refractivity contribution in [2.24, 2.45) is 0 Å². The Morgan fingerprint density at radius 2 is 1.88 bits per heavy atom. The number of hydrogen-bond donors (Lipinski definition) is 2. The van der Waals surface area contributed by atoms with Crippen LogP contribution in [0.25, 0.3) is 10.2 Å². The number of rotatable bonds is 6. The highest BCUT2D eigenvalue weighted by Crippen LogP contribution is 2.45. The molecular formula is C27H26F2N4O7S. The molecule has 41 heavy (non-hydrogen) atoms. The zero-order chi connectivity index (χ0) is 28.3. The largest absolute Gasteiger partial charge is 0.586 e. The third kappa shape index (κ3) is 4.69. The number of thiazole rings is 1. The lowest BCUT2D eigenvalue weighted by Crippen LogP contribution is -2.64. The number of nitrogens with zero attached hydrogens (tertiary/aromatic N) is 2. The van der Waals surface area contributed by atoms with Crippen molar-refractivity contribution in [1.82, 2.24) is 10.3 Å². The van der Waals surface area contributed by atoms with Crippen LogP contribution in [0.2, 0.25) is 0 Å². The van der Waals surface area contributed by atoms with Gasteiger partial charge in [-0.15, -0.1) is 8.78 Å². The number of hydrogen-bond acceptors (Lipinski definition) is 10. The van der Waals surface area contributed by atoms with Crippen molar-refractivity contribution in [2.45, 2.75) is 43.7 Å². The molecule has 0 aliphatic carbocycles. The van der Waals surface area contributed by atoms with E-state index in [0.717, 1.165) is 30.1 Å². The Morgan fingerprint density at radius 3 is 2.59 bits per heavy atom. The SMILES string of the molecule is COc1ccc2nc(N3C4COCC3C4)sc2c1C(=O)Nc1cc2c(cc1C(=O)N[C@@H]1CCCOC1)OC(F)(F)O2. The highest BCUT2D eigenvalue weighted by molar-refractivity contribution is 7.22. The van der Waals surface area contributed by atoms with Gasteiger partial charge in [0.2, 0.25) is 0 Å². The van der Waals surface area contributed by atoms with Gasteiger partial charge in [-0.25, -0.2) is 4.98 Å². The Kier molecular flexibility index (Phi) is 6.36. The lowest BCUT2D eigenvalue weighted by atomic mass is 9.92. The summed E-state index contributed by atoms with van der Waals surface area (Å²) >= 11 is 1.37. The van der Waals surface area contributed by atoms with Crippen LogP contribution in [0.15, 0.2) is 24.3 Å². The standard InChI is InChI=1S/C27H26F2N4O7S/c1-36-19-5-4-17-23(41-26(32-17)33-14-7-15(33)12-38-11-14)22(19)25(35)31-18-9-21-20(39-27(28,29)40-21)8-16(18)24(34)30-13-3-2-6-37-10-13/h4-5,8-9,13-15H,2-3,6-7,10-12H2,1H3,(H,30,34)(H,31,35)/t13-,14?,15?/m1/s1. The van der Waals surface area contributed by atoms with E-state index < -0.39 is 18.1 Å². The first-order valence-corrected chi connectivity index (χ1v) is 14.1. The molecule has 3 aromatic rings. The third-order valence-electron chi connectivity index (χ3n) is 7.66. The highest BCUT2D eigenvalue weighted by Gasteiger charge is 2.45. The maximum Gasteiger partial charge on any atom is 0.586 e. The quantitative estimate of drug-likeness (QED) is 0.444. The predicted molar refractivity (Wildman–Crippen MR) is 144 cm³/mol. The van der Waals surface area contributed by atoms with Crippen molar-refractivity contribution in [3.05, 3.63) is 35.4 Å². The topological polar surface area (TPSA) is 120 Å². The van der Waals surface area contributed by atoms with Gasteiger partial charge in [0, 0.05) is 12.7 Å². The minimum Gasteiger partial charge on any atom is -0.496 e. The van der Waals surface area contributed by atoms with Crippen molar-refractivity contribution in [1.29, 1.82) is 0 Å². The summed E-state index contributed by atoms with van der Waals surface area (Å²) in [6.45, 7) is 2.19. The molecule has 2 N–H and O–H groups in total. The van der Waals surface area contributed by atoms with Crippen molar-refractivity contribution in [3.63, 3.8) is 0 Å². The van der Waals surface area contributed by atoms with E-state index in [4.69, 9.17) is 19.2 Å². The Balaban J connectivity index is 1.23. The van der Waals surface area contributed by atoms with E-state index in [1.807, 2.05) is 0 Å². The second-order valence-electron chi connectivity index (χ2n) is 10.3. The van der Waals surface area contributed by atoms with Gasteiger partial charge in [0.1, 0.15) is 11.3 Å². The van der Waals surface area contributed by atoms with Crippen LogP contribution < -0.4 is 29.7 Å². The number of anilines is 2. The van der Waals surface area contributed by atoms with Gasteiger partial charge in [-0.1, -0.05) is 11.3 Å². The highest BCUT2D eigenvalue weighted by atomic mass is 32.1. The molecule has 0 radical (unpaired) electrons. The van der Waals surface area contributed by atoms with Gasteiger partial charge in [0.25, 0.3) is 11.8 Å². The third-order valence-corrected chi connectivity index (χ3v) is 8.76. The molecular weight excluding hydrogens is 562 g/mol.